The molecular weight excluding hydrogens is 338 g/mol. The standard InChI is InChI=1S/C16H21NS.ClHO4/c1-13-14(9-12-17-10-5-2-6-11-17)15-7-3-4-8-16(15)18-13;2-1(3,4)5/h3-4,7-8H,2,5-6,9-12H2,1H3;(H,2,3,4,5). The van der Waals surface area contributed by atoms with Crippen molar-refractivity contribution in [3.05, 3.63) is 34.7 Å². The zero-order valence-corrected chi connectivity index (χ0v) is 14.8. The van der Waals surface area contributed by atoms with E-state index in [9.17, 15) is 0 Å². The minimum atomic E-state index is -4.94. The van der Waals surface area contributed by atoms with Crippen LogP contribution in [0.15, 0.2) is 24.3 Å². The van der Waals surface area contributed by atoms with E-state index in [0.29, 0.717) is 0 Å². The third kappa shape index (κ3) is 6.35. The fourth-order valence-corrected chi connectivity index (χ4v) is 4.25. The summed E-state index contributed by atoms with van der Waals surface area (Å²) >= 11 is 1.96. The van der Waals surface area contributed by atoms with Crippen molar-refractivity contribution in [2.24, 2.45) is 0 Å². The summed E-state index contributed by atoms with van der Waals surface area (Å²) in [6, 6.07) is 8.87. The molecule has 2 aromatic rings. The number of halogens is 1. The van der Waals surface area contributed by atoms with E-state index in [-0.39, 0.29) is 0 Å². The van der Waals surface area contributed by atoms with Crippen LogP contribution in [-0.2, 0) is 6.42 Å². The first-order valence-corrected chi connectivity index (χ1v) is 9.82. The summed E-state index contributed by atoms with van der Waals surface area (Å²) in [7, 11) is -4.94. The van der Waals surface area contributed by atoms with Crippen molar-refractivity contribution in [1.29, 1.82) is 0 Å². The third-order valence-electron chi connectivity index (χ3n) is 4.19. The molecule has 1 aromatic heterocycles. The van der Waals surface area contributed by atoms with Crippen LogP contribution >= 0.6 is 11.3 Å². The lowest BCUT2D eigenvalue weighted by Crippen LogP contribution is -3.13. The first-order chi connectivity index (χ1) is 10.8. The second-order valence-electron chi connectivity index (χ2n) is 5.82. The van der Waals surface area contributed by atoms with Gasteiger partial charge in [-0.3, -0.25) is 0 Å². The number of thiophene rings is 1. The van der Waals surface area contributed by atoms with Gasteiger partial charge in [-0.15, -0.1) is 21.6 Å². The van der Waals surface area contributed by atoms with E-state index in [1.807, 2.05) is 16.2 Å². The number of hydrogen-bond donors (Lipinski definition) is 1. The highest BCUT2D eigenvalue weighted by atomic mass is 35.7. The average Bonchev–Trinajstić information content (AvgIpc) is 2.80. The van der Waals surface area contributed by atoms with Crippen molar-refractivity contribution in [1.82, 2.24) is 0 Å². The summed E-state index contributed by atoms with van der Waals surface area (Å²) in [6.45, 7) is 6.38. The van der Waals surface area contributed by atoms with Gasteiger partial charge in [0.2, 0.25) is 0 Å². The molecule has 0 unspecified atom stereocenters. The van der Waals surface area contributed by atoms with E-state index in [1.54, 1.807) is 5.56 Å². The van der Waals surface area contributed by atoms with Gasteiger partial charge in [0.25, 0.3) is 0 Å². The van der Waals surface area contributed by atoms with Gasteiger partial charge in [0.05, 0.1) is 19.6 Å². The fourth-order valence-electron chi connectivity index (χ4n) is 3.14. The number of likely N-dealkylation sites (tertiary alicyclic amines) is 1. The van der Waals surface area contributed by atoms with Gasteiger partial charge in [0.15, 0.2) is 0 Å². The van der Waals surface area contributed by atoms with Crippen LogP contribution in [0.1, 0.15) is 29.7 Å². The van der Waals surface area contributed by atoms with Gasteiger partial charge in [-0.1, -0.05) is 18.2 Å². The van der Waals surface area contributed by atoms with Gasteiger partial charge >= 0.3 is 0 Å². The Morgan fingerprint density at radius 3 is 2.30 bits per heavy atom. The summed E-state index contributed by atoms with van der Waals surface area (Å²) in [6.07, 6.45) is 5.56. The van der Waals surface area contributed by atoms with Gasteiger partial charge in [-0.25, -0.2) is 18.6 Å². The first-order valence-electron chi connectivity index (χ1n) is 7.77. The minimum absolute atomic E-state index is 1.26. The zero-order chi connectivity index (χ0) is 16.9. The summed E-state index contributed by atoms with van der Waals surface area (Å²) in [5.41, 5.74) is 1.61. The van der Waals surface area contributed by atoms with Gasteiger partial charge in [-0.05, 0) is 43.2 Å². The minimum Gasteiger partial charge on any atom is -0.335 e. The number of hydrogen-bond acceptors (Lipinski definition) is 5. The number of piperidine rings is 1. The SMILES string of the molecule is Cc1sc2ccccc2c1CC[NH+]1CCCCC1.[O-][Cl+3]([O-])([O-])[O-]. The molecule has 1 N–H and O–H groups in total. The molecule has 1 fully saturated rings. The van der Waals surface area contributed by atoms with Crippen LogP contribution in [0.25, 0.3) is 10.1 Å². The predicted octanol–water partition coefficient (Wildman–Crippen LogP) is -1.93. The van der Waals surface area contributed by atoms with Crippen molar-refractivity contribution >= 4 is 21.4 Å². The molecule has 23 heavy (non-hydrogen) atoms. The Morgan fingerprint density at radius 1 is 1.04 bits per heavy atom. The maximum atomic E-state index is 8.49. The molecule has 0 saturated carbocycles. The molecule has 0 radical (unpaired) electrons. The predicted molar refractivity (Wildman–Crippen MR) is 79.7 cm³/mol. The van der Waals surface area contributed by atoms with Gasteiger partial charge in [-0.2, -0.15) is 0 Å². The van der Waals surface area contributed by atoms with Crippen LogP contribution in [0, 0.1) is 17.2 Å². The zero-order valence-electron chi connectivity index (χ0n) is 13.2. The van der Waals surface area contributed by atoms with Crippen LogP contribution in [0.3, 0.4) is 0 Å². The van der Waals surface area contributed by atoms with Gasteiger partial charge in [0.1, 0.15) is 0 Å². The van der Waals surface area contributed by atoms with Crippen molar-refractivity contribution in [2.45, 2.75) is 32.6 Å². The molecule has 1 aliphatic rings. The summed E-state index contributed by atoms with van der Waals surface area (Å²) in [5, 5.41) is 1.50. The Hall–Kier alpha value is -0.730. The Balaban J connectivity index is 0.000000338. The lowest BCUT2D eigenvalue weighted by atomic mass is 10.1. The van der Waals surface area contributed by atoms with Crippen LogP contribution in [-0.4, -0.2) is 19.6 Å². The second-order valence-corrected chi connectivity index (χ2v) is 7.83. The highest BCUT2D eigenvalue weighted by Crippen LogP contribution is 2.30. The molecule has 7 heteroatoms. The molecule has 0 aliphatic carbocycles. The van der Waals surface area contributed by atoms with Crippen molar-refractivity contribution in [2.75, 3.05) is 19.6 Å². The summed E-state index contributed by atoms with van der Waals surface area (Å²) < 4.78 is 35.4. The van der Waals surface area contributed by atoms with E-state index in [1.165, 1.54) is 60.3 Å². The molecular formula is C16H22ClNO4S. The normalized spacial score (nSPS) is 16.2. The Morgan fingerprint density at radius 2 is 1.65 bits per heavy atom. The van der Waals surface area contributed by atoms with E-state index in [0.717, 1.165) is 0 Å². The molecule has 5 nitrogen and oxygen atoms in total. The number of fused-ring (bicyclic) bond motifs is 1. The smallest absolute Gasteiger partial charge is 0.0812 e. The largest absolute Gasteiger partial charge is 0.335 e. The Kier molecular flexibility index (Phi) is 6.79. The monoisotopic (exact) mass is 359 g/mol. The molecule has 2 heterocycles. The number of rotatable bonds is 3. The maximum absolute atomic E-state index is 8.49. The Bertz CT molecular complexity index is 614. The van der Waals surface area contributed by atoms with Crippen molar-refractivity contribution < 1.29 is 33.8 Å². The molecule has 1 aliphatic heterocycles. The summed E-state index contributed by atoms with van der Waals surface area (Å²) in [5.74, 6) is 0. The number of benzene rings is 1. The van der Waals surface area contributed by atoms with E-state index in [2.05, 4.69) is 31.2 Å². The van der Waals surface area contributed by atoms with Gasteiger partial charge < -0.3 is 4.90 Å². The van der Waals surface area contributed by atoms with E-state index in [4.69, 9.17) is 18.6 Å². The van der Waals surface area contributed by atoms with E-state index >= 15 is 0 Å². The third-order valence-corrected chi connectivity index (χ3v) is 5.32. The lowest BCUT2D eigenvalue weighted by Gasteiger charge is -2.23. The quantitative estimate of drug-likeness (QED) is 0.690. The molecule has 1 aromatic carbocycles. The van der Waals surface area contributed by atoms with Gasteiger partial charge in [0, 0.05) is 16.0 Å². The highest BCUT2D eigenvalue weighted by Gasteiger charge is 2.15. The maximum Gasteiger partial charge on any atom is 0.0812 e. The first kappa shape index (κ1) is 18.6. The van der Waals surface area contributed by atoms with Crippen molar-refractivity contribution in [3.8, 4) is 0 Å². The topological polar surface area (TPSA) is 96.7 Å². The number of nitrogens with one attached hydrogen (secondary N) is 1. The average molecular weight is 360 g/mol. The fraction of sp³-hybridized carbons (Fsp3) is 0.500. The molecule has 3 rings (SSSR count). The number of quaternary nitrogens is 1. The molecule has 0 bridgehead atoms. The van der Waals surface area contributed by atoms with Crippen LogP contribution in [0.5, 0.6) is 0 Å². The number of aryl methyl sites for hydroxylation is 1. The molecule has 0 spiro atoms. The molecule has 0 amide bonds. The highest BCUT2D eigenvalue weighted by molar-refractivity contribution is 7.19. The molecule has 0 atom stereocenters. The summed E-state index contributed by atoms with van der Waals surface area (Å²) in [4.78, 5) is 3.34. The van der Waals surface area contributed by atoms with E-state index < -0.39 is 10.2 Å². The lowest BCUT2D eigenvalue weighted by molar-refractivity contribution is -2.00. The van der Waals surface area contributed by atoms with Crippen LogP contribution in [0.4, 0.5) is 0 Å². The van der Waals surface area contributed by atoms with Crippen LogP contribution < -0.4 is 23.5 Å². The Labute approximate surface area is 142 Å². The second kappa shape index (κ2) is 8.39. The van der Waals surface area contributed by atoms with Crippen molar-refractivity contribution in [3.63, 3.8) is 0 Å². The molecule has 128 valence electrons. The molecule has 1 saturated heterocycles. The van der Waals surface area contributed by atoms with Crippen LogP contribution in [0.2, 0.25) is 0 Å².